The number of hydrogen-bond donors (Lipinski definition) is 7. The molecular formula is C20H24N10O12P2. The van der Waals surface area contributed by atoms with Gasteiger partial charge in [-0.05, 0) is 0 Å². The Morgan fingerprint density at radius 2 is 1.82 bits per heavy atom. The molecule has 0 amide bonds. The fourth-order valence-electron chi connectivity index (χ4n) is 5.51. The summed E-state index contributed by atoms with van der Waals surface area (Å²) in [6.07, 6.45) is -4.70. The van der Waals surface area contributed by atoms with E-state index in [1.165, 1.54) is 21.8 Å². The third-order valence-corrected chi connectivity index (χ3v) is 8.84. The summed E-state index contributed by atoms with van der Waals surface area (Å²) >= 11 is 0. The molecule has 4 aromatic rings. The molecule has 24 heteroatoms. The number of imidazole rings is 2. The van der Waals surface area contributed by atoms with Crippen molar-refractivity contribution in [2.75, 3.05) is 18.1 Å². The predicted octanol–water partition coefficient (Wildman–Crippen LogP) is -2.32. The maximum atomic E-state index is 13.0. The van der Waals surface area contributed by atoms with Crippen molar-refractivity contribution in [3.05, 3.63) is 29.3 Å². The molecule has 1 saturated carbocycles. The first-order valence-electron chi connectivity index (χ1n) is 12.8. The number of anilines is 2. The molecule has 1 aliphatic carbocycles. The summed E-state index contributed by atoms with van der Waals surface area (Å²) in [5, 5.41) is 21.9. The zero-order valence-corrected chi connectivity index (χ0v) is 23.9. The van der Waals surface area contributed by atoms with Crippen LogP contribution in [0.3, 0.4) is 0 Å². The summed E-state index contributed by atoms with van der Waals surface area (Å²) < 4.78 is 54.4. The second-order valence-electron chi connectivity index (χ2n) is 10.3. The Morgan fingerprint density at radius 1 is 1.09 bits per heavy atom. The number of nitrogens with zero attached hydrogens (tertiary/aromatic N) is 7. The number of phosphoric ester groups is 1. The number of rotatable bonds is 9. The van der Waals surface area contributed by atoms with E-state index in [1.807, 2.05) is 0 Å². The molecule has 44 heavy (non-hydrogen) atoms. The number of ether oxygens (including phenoxy) is 2. The van der Waals surface area contributed by atoms with Crippen molar-refractivity contribution >= 4 is 50.2 Å². The van der Waals surface area contributed by atoms with E-state index in [0.717, 1.165) is 6.33 Å². The molecule has 4 aromatic heterocycles. The van der Waals surface area contributed by atoms with Crippen LogP contribution in [0.25, 0.3) is 22.3 Å². The highest BCUT2D eigenvalue weighted by Gasteiger charge is 2.80. The van der Waals surface area contributed by atoms with E-state index in [4.69, 9.17) is 30.0 Å². The highest BCUT2D eigenvalue weighted by molar-refractivity contribution is 7.46. The third-order valence-electron chi connectivity index (χ3n) is 7.49. The lowest BCUT2D eigenvalue weighted by Crippen LogP contribution is -2.38. The zero-order valence-electron chi connectivity index (χ0n) is 22.0. The van der Waals surface area contributed by atoms with Gasteiger partial charge < -0.3 is 45.5 Å². The number of phosphoric acid groups is 1. The molecule has 3 aliphatic rings. The number of aliphatic hydroxyl groups excluding tert-OH is 1. The van der Waals surface area contributed by atoms with E-state index in [-0.39, 0.29) is 36.0 Å². The Labute approximate surface area is 244 Å². The molecule has 2 saturated heterocycles. The van der Waals surface area contributed by atoms with E-state index >= 15 is 0 Å². The minimum atomic E-state index is -5.08. The average molecular weight is 658 g/mol. The molecule has 0 spiro atoms. The van der Waals surface area contributed by atoms with Crippen LogP contribution < -0.4 is 17.0 Å². The van der Waals surface area contributed by atoms with Gasteiger partial charge in [0.1, 0.15) is 36.3 Å². The Kier molecular flexibility index (Phi) is 6.88. The van der Waals surface area contributed by atoms with Crippen molar-refractivity contribution in [2.45, 2.75) is 55.0 Å². The summed E-state index contributed by atoms with van der Waals surface area (Å²) in [6, 6.07) is 0. The van der Waals surface area contributed by atoms with Gasteiger partial charge in [-0.2, -0.15) is 4.98 Å². The maximum absolute atomic E-state index is 13.0. The van der Waals surface area contributed by atoms with Gasteiger partial charge in [-0.15, -0.1) is 0 Å². The molecule has 2 aliphatic heterocycles. The van der Waals surface area contributed by atoms with Crippen molar-refractivity contribution in [3.63, 3.8) is 0 Å². The molecule has 9 atom stereocenters. The molecule has 9 unspecified atom stereocenters. The van der Waals surface area contributed by atoms with Crippen LogP contribution in [-0.4, -0.2) is 102 Å². The smallest absolute Gasteiger partial charge is 0.388 e. The third kappa shape index (κ3) is 4.80. The molecule has 236 valence electrons. The first-order valence-corrected chi connectivity index (χ1v) is 15.5. The van der Waals surface area contributed by atoms with Gasteiger partial charge in [0.15, 0.2) is 40.7 Å². The number of aromatic amines is 1. The number of nitrogens with two attached hydrogens (primary N) is 2. The molecule has 6 heterocycles. The second-order valence-corrected chi connectivity index (χ2v) is 12.5. The molecule has 9 N–H and O–H groups in total. The van der Waals surface area contributed by atoms with Crippen molar-refractivity contribution < 1.29 is 52.2 Å². The lowest BCUT2D eigenvalue weighted by Gasteiger charge is -2.27. The van der Waals surface area contributed by atoms with E-state index < -0.39 is 70.2 Å². The van der Waals surface area contributed by atoms with Crippen LogP contribution in [0, 0.1) is 0 Å². The molecule has 7 rings (SSSR count). The highest BCUT2D eigenvalue weighted by atomic mass is 31.2. The summed E-state index contributed by atoms with van der Waals surface area (Å²) in [4.78, 5) is 53.2. The summed E-state index contributed by atoms with van der Waals surface area (Å²) in [5.74, 6) is -0.103. The second kappa shape index (κ2) is 10.3. The minimum Gasteiger partial charge on any atom is -0.388 e. The number of fused-ring (bicyclic) bond motifs is 3. The Hall–Kier alpha value is -3.40. The summed E-state index contributed by atoms with van der Waals surface area (Å²) in [5.41, 5.74) is 9.08. The van der Waals surface area contributed by atoms with Gasteiger partial charge in [-0.3, -0.25) is 32.5 Å². The van der Waals surface area contributed by atoms with Crippen LogP contribution in [-0.2, 0) is 32.2 Å². The topological polar surface area (TPSA) is 320 Å². The van der Waals surface area contributed by atoms with Gasteiger partial charge in [-0.1, -0.05) is 0 Å². The van der Waals surface area contributed by atoms with Gasteiger partial charge in [0, 0.05) is 6.42 Å². The highest BCUT2D eigenvalue weighted by Crippen LogP contribution is 2.62. The molecular weight excluding hydrogens is 634 g/mol. The molecule has 0 bridgehead atoms. The molecule has 0 radical (unpaired) electrons. The maximum Gasteiger partial charge on any atom is 0.470 e. The van der Waals surface area contributed by atoms with Gasteiger partial charge >= 0.3 is 16.1 Å². The van der Waals surface area contributed by atoms with Crippen molar-refractivity contribution in [1.29, 1.82) is 0 Å². The quantitative estimate of drug-likeness (QED) is 0.0928. The van der Waals surface area contributed by atoms with Crippen LogP contribution in [0.15, 0.2) is 23.8 Å². The standard InChI is InChI=1S/C20H24N10O12P2/c21-13-8-14(24-3-23-13)29(4-25-8)17-7(31)1-6(39-17)2-38-43(34)41-12-18(40-10-11(20(10,12)33)42-44(35,36)37)30-5-26-9-15(30)27-19(22)28-16(9)32/h3-7,10-12,17-18,31,33,43H,1-2H2,(H2,21,23,24)(H2,35,36,37)(H3,22,27,28,32). The SMILES string of the molecule is Nc1nc2c(ncn2C2OC3C(OP(=O)(O)O)C3(O)C2O[PH](=O)OCC2CC(O)C(n3cnc4c(N)ncnc43)O2)c(=O)[nH]1. The summed E-state index contributed by atoms with van der Waals surface area (Å²) in [7, 11) is -8.57. The van der Waals surface area contributed by atoms with Crippen LogP contribution in [0.1, 0.15) is 18.9 Å². The number of nitrogens with one attached hydrogen (secondary N) is 1. The van der Waals surface area contributed by atoms with E-state index in [2.05, 4.69) is 34.4 Å². The van der Waals surface area contributed by atoms with Gasteiger partial charge in [0.2, 0.25) is 5.95 Å². The van der Waals surface area contributed by atoms with Crippen molar-refractivity contribution in [1.82, 2.24) is 39.0 Å². The monoisotopic (exact) mass is 658 g/mol. The van der Waals surface area contributed by atoms with Gasteiger partial charge in [0.25, 0.3) is 5.56 Å². The minimum absolute atomic E-state index is 0.0683. The number of H-pyrrole nitrogens is 1. The Morgan fingerprint density at radius 3 is 2.57 bits per heavy atom. The first kappa shape index (κ1) is 29.3. The number of hydrogen-bond acceptors (Lipinski definition) is 17. The Balaban J connectivity index is 1.08. The van der Waals surface area contributed by atoms with E-state index in [9.17, 15) is 33.9 Å². The Bertz CT molecular complexity index is 1900. The number of nitrogen functional groups attached to an aromatic ring is 2. The van der Waals surface area contributed by atoms with E-state index in [0.29, 0.717) is 11.2 Å². The number of aromatic nitrogens is 8. The van der Waals surface area contributed by atoms with Crippen molar-refractivity contribution in [2.24, 2.45) is 0 Å². The average Bonchev–Trinajstić information content (AvgIpc) is 3.50. The fraction of sp³-hybridized carbons (Fsp3) is 0.500. The predicted molar refractivity (Wildman–Crippen MR) is 142 cm³/mol. The largest absolute Gasteiger partial charge is 0.470 e. The van der Waals surface area contributed by atoms with Gasteiger partial charge in [0.05, 0.1) is 25.4 Å². The number of aliphatic hydroxyl groups is 2. The fourth-order valence-corrected chi connectivity index (χ4v) is 6.99. The van der Waals surface area contributed by atoms with E-state index in [1.54, 1.807) is 0 Å². The molecule has 0 aromatic carbocycles. The van der Waals surface area contributed by atoms with Crippen LogP contribution >= 0.6 is 16.1 Å². The summed E-state index contributed by atoms with van der Waals surface area (Å²) in [6.45, 7) is -0.320. The molecule has 3 fully saturated rings. The first-order chi connectivity index (χ1) is 20.8. The van der Waals surface area contributed by atoms with Gasteiger partial charge in [-0.25, -0.2) is 24.5 Å². The van der Waals surface area contributed by atoms with Crippen molar-refractivity contribution in [3.8, 4) is 0 Å². The van der Waals surface area contributed by atoms with Crippen LogP contribution in [0.5, 0.6) is 0 Å². The van der Waals surface area contributed by atoms with Crippen LogP contribution in [0.4, 0.5) is 11.8 Å². The van der Waals surface area contributed by atoms with Crippen LogP contribution in [0.2, 0.25) is 0 Å². The molecule has 22 nitrogen and oxygen atoms in total. The zero-order chi connectivity index (χ0) is 31.1. The lowest BCUT2D eigenvalue weighted by molar-refractivity contribution is -0.0855. The lowest BCUT2D eigenvalue weighted by atomic mass is 10.1. The normalized spacial score (nSPS) is 32.4.